The summed E-state index contributed by atoms with van der Waals surface area (Å²) in [6.07, 6.45) is 16.9. The minimum atomic E-state index is -2.66. The zero-order valence-electron chi connectivity index (χ0n) is 49.9. The summed E-state index contributed by atoms with van der Waals surface area (Å²) in [6.45, 7) is 16.0. The number of rotatable bonds is 20. The molecule has 7 atom stereocenters. The van der Waals surface area contributed by atoms with E-state index >= 15 is 0 Å². The second kappa shape index (κ2) is 26.8. The molecule has 17 nitrogen and oxygen atoms in total. The number of aromatic nitrogens is 3. The molecule has 7 heterocycles. The number of likely N-dealkylation sites (N-methyl/N-ethyl adjacent to an activating group) is 1. The van der Waals surface area contributed by atoms with Crippen LogP contribution in [0.5, 0.6) is 0 Å². The maximum atomic E-state index is 15.0. The number of urea groups is 1. The van der Waals surface area contributed by atoms with Crippen LogP contribution in [0.3, 0.4) is 0 Å². The molecule has 6 aliphatic rings. The van der Waals surface area contributed by atoms with E-state index in [2.05, 4.69) is 61.6 Å². The molecule has 0 bridgehead atoms. The molecule has 6 amide bonds. The summed E-state index contributed by atoms with van der Waals surface area (Å²) in [6, 6.07) is 2.20. The lowest BCUT2D eigenvalue weighted by molar-refractivity contribution is -0.143. The molecule has 2 saturated heterocycles. The molecule has 20 heteroatoms. The first-order valence-electron chi connectivity index (χ1n) is 30.6. The average Bonchev–Trinajstić information content (AvgIpc) is 4.47. The zero-order valence-corrected chi connectivity index (χ0v) is 50.7. The Morgan fingerprint density at radius 1 is 0.854 bits per heavy atom. The molecule has 1 aliphatic carbocycles. The largest absolute Gasteiger partial charge is 0.354 e. The quantitative estimate of drug-likeness (QED) is 0.0733. The van der Waals surface area contributed by atoms with Crippen molar-refractivity contribution in [1.82, 2.24) is 50.4 Å². The van der Waals surface area contributed by atoms with Gasteiger partial charge in [0.1, 0.15) is 12.1 Å². The topological polar surface area (TPSA) is 181 Å². The number of nitrogens with zero attached hydrogens (tertiary/aromatic N) is 9. The lowest BCUT2D eigenvalue weighted by Gasteiger charge is -2.35. The number of allylic oxidation sites excluding steroid dienone is 1. The summed E-state index contributed by atoms with van der Waals surface area (Å²) in [7, 11) is 3.50. The van der Waals surface area contributed by atoms with Gasteiger partial charge in [-0.15, -0.1) is 11.3 Å². The highest BCUT2D eigenvalue weighted by Crippen LogP contribution is 2.45. The van der Waals surface area contributed by atoms with Crippen LogP contribution in [0.2, 0.25) is 0 Å². The first kappa shape index (κ1) is 60.7. The number of carbonyl (C=O) groups excluding carboxylic acids is 5. The molecular formula is C62H90F2N12O5S. The monoisotopic (exact) mass is 1150 g/mol. The second-order valence-electron chi connectivity index (χ2n) is 25.3. The highest BCUT2D eigenvalue weighted by atomic mass is 32.1. The van der Waals surface area contributed by atoms with Crippen molar-refractivity contribution in [2.75, 3.05) is 58.3 Å². The lowest BCUT2D eigenvalue weighted by atomic mass is 9.79. The molecule has 2 fully saturated rings. The minimum absolute atomic E-state index is 0.0179. The number of nitrogens with one attached hydrogen (secondary N) is 3. The van der Waals surface area contributed by atoms with Gasteiger partial charge in [-0.1, -0.05) is 78.0 Å². The molecule has 2 aromatic heterocycles. The predicted molar refractivity (Wildman–Crippen MR) is 318 cm³/mol. The Morgan fingerprint density at radius 3 is 2.24 bits per heavy atom. The number of carbonyl (C=O) groups is 5. The molecule has 448 valence electrons. The molecule has 9 rings (SSSR count). The molecule has 3 aromatic rings. The minimum Gasteiger partial charge on any atom is -0.354 e. The van der Waals surface area contributed by atoms with E-state index in [0.717, 1.165) is 117 Å². The van der Waals surface area contributed by atoms with Gasteiger partial charge in [0.25, 0.3) is 6.43 Å². The van der Waals surface area contributed by atoms with E-state index in [1.54, 1.807) is 40.5 Å². The molecule has 1 aromatic carbocycles. The Balaban J connectivity index is 0.697. The lowest BCUT2D eigenvalue weighted by Crippen LogP contribution is -2.57. The highest BCUT2D eigenvalue weighted by molar-refractivity contribution is 7.09. The summed E-state index contributed by atoms with van der Waals surface area (Å²) in [5.41, 5.74) is 6.88. The summed E-state index contributed by atoms with van der Waals surface area (Å²) in [5, 5.41) is 20.6. The van der Waals surface area contributed by atoms with Crippen molar-refractivity contribution in [3.05, 3.63) is 68.3 Å². The molecule has 5 aliphatic heterocycles. The first-order valence-corrected chi connectivity index (χ1v) is 31.5. The maximum absolute atomic E-state index is 15.0. The summed E-state index contributed by atoms with van der Waals surface area (Å²) in [5.74, 6) is 1.19. The SMILES string of the molecule is CNC(=O)N1CCc2c(c(N3CCCc4cc(C5C=NN(C)C5C)c(C(F)F)cc43)nn2C2CCN(C(=O)CCCCCCCCCC(=O)NC(C(=O)N3CCCC3C(=O)NCC3C=CC(c4scnc4C)C(C)C3)C(C)(C)C)CC2)C1. The Hall–Kier alpha value is -5.92. The van der Waals surface area contributed by atoms with Crippen LogP contribution in [0.15, 0.2) is 34.9 Å². The van der Waals surface area contributed by atoms with Gasteiger partial charge >= 0.3 is 6.03 Å². The maximum Gasteiger partial charge on any atom is 0.317 e. The van der Waals surface area contributed by atoms with Crippen LogP contribution in [0, 0.1) is 24.2 Å². The number of benzene rings is 1. The number of aryl methyl sites for hydroxylation is 2. The summed E-state index contributed by atoms with van der Waals surface area (Å²) in [4.78, 5) is 80.9. The Kier molecular flexibility index (Phi) is 19.8. The number of hydrogen-bond donors (Lipinski definition) is 3. The van der Waals surface area contributed by atoms with Crippen LogP contribution in [-0.4, -0.2) is 142 Å². The molecule has 3 N–H and O–H groups in total. The van der Waals surface area contributed by atoms with Gasteiger partial charge in [-0.05, 0) is 106 Å². The van der Waals surface area contributed by atoms with Crippen LogP contribution in [-0.2, 0) is 38.6 Å². The first-order chi connectivity index (χ1) is 39.3. The van der Waals surface area contributed by atoms with Gasteiger partial charge in [-0.25, -0.2) is 18.6 Å². The molecule has 0 saturated carbocycles. The second-order valence-corrected chi connectivity index (χ2v) is 26.2. The van der Waals surface area contributed by atoms with E-state index in [9.17, 15) is 32.8 Å². The number of thiazole rings is 1. The fourth-order valence-corrected chi connectivity index (χ4v) is 14.6. The number of hydrazone groups is 1. The van der Waals surface area contributed by atoms with Crippen LogP contribution in [0.1, 0.15) is 194 Å². The summed E-state index contributed by atoms with van der Waals surface area (Å²) < 4.78 is 32.0. The average molecular weight is 1150 g/mol. The Morgan fingerprint density at radius 2 is 1.59 bits per heavy atom. The third-order valence-corrected chi connectivity index (χ3v) is 19.6. The van der Waals surface area contributed by atoms with E-state index in [1.807, 2.05) is 56.2 Å². The number of likely N-dealkylation sites (tertiary alicyclic amines) is 2. The fraction of sp³-hybridized carbons (Fsp3) is 0.677. The van der Waals surface area contributed by atoms with Gasteiger partial charge in [0.05, 0.1) is 29.8 Å². The van der Waals surface area contributed by atoms with Gasteiger partial charge < -0.3 is 35.6 Å². The van der Waals surface area contributed by atoms with E-state index in [4.69, 9.17) is 5.10 Å². The van der Waals surface area contributed by atoms with Crippen molar-refractivity contribution in [3.63, 3.8) is 0 Å². The van der Waals surface area contributed by atoms with Gasteiger partial charge in [-0.3, -0.25) is 28.9 Å². The van der Waals surface area contributed by atoms with Gasteiger partial charge in [0.15, 0.2) is 5.82 Å². The van der Waals surface area contributed by atoms with E-state index in [-0.39, 0.29) is 59.1 Å². The standard InChI is InChI=1S/C62H90F2N12O5S/c1-39-32-42(22-23-45(39)55-40(2)67-38-82-55)35-66-59(79)51-19-17-28-75(51)60(80)56(62(4,5)6)69-53(77)20-14-12-10-9-11-13-15-21-54(78)72-29-24-44(25-30-72)76-50-26-31-73(61(81)65-7)37-49(50)58(70-76)74-27-16-18-43-33-46(47(57(63)64)34-52(43)74)48-36-68-71(8)41(48)3/h22-23,33-34,36,38-39,41-42,44-45,48,51,56-57H,9-21,24-32,35,37H2,1-8H3,(H,65,81)(H,66,79)(H,69,77). The van der Waals surface area contributed by atoms with Gasteiger partial charge in [-0.2, -0.15) is 10.2 Å². The van der Waals surface area contributed by atoms with Crippen LogP contribution in [0.25, 0.3) is 0 Å². The number of unbranched alkanes of at least 4 members (excludes halogenated alkanes) is 6. The van der Waals surface area contributed by atoms with Crippen LogP contribution in [0.4, 0.5) is 25.1 Å². The highest BCUT2D eigenvalue weighted by Gasteiger charge is 2.43. The van der Waals surface area contributed by atoms with E-state index in [1.165, 1.54) is 4.88 Å². The number of piperidine rings is 1. The number of anilines is 2. The van der Waals surface area contributed by atoms with Crippen molar-refractivity contribution in [1.29, 1.82) is 0 Å². The molecular weight excluding hydrogens is 1060 g/mol. The van der Waals surface area contributed by atoms with Crippen molar-refractivity contribution in [3.8, 4) is 0 Å². The molecule has 0 radical (unpaired) electrons. The number of amides is 6. The molecule has 7 unspecified atom stereocenters. The summed E-state index contributed by atoms with van der Waals surface area (Å²) >= 11 is 1.70. The number of alkyl halides is 2. The van der Waals surface area contributed by atoms with Crippen molar-refractivity contribution >= 4 is 58.7 Å². The Labute approximate surface area is 488 Å². The van der Waals surface area contributed by atoms with Crippen molar-refractivity contribution in [2.45, 2.75) is 200 Å². The normalized spacial score (nSPS) is 23.3. The van der Waals surface area contributed by atoms with Crippen LogP contribution >= 0.6 is 11.3 Å². The Bertz CT molecular complexity index is 2820. The number of hydrogen-bond acceptors (Lipinski definition) is 11. The number of halogens is 2. The fourth-order valence-electron chi connectivity index (χ4n) is 13.6. The van der Waals surface area contributed by atoms with E-state index in [0.29, 0.717) is 88.9 Å². The molecule has 0 spiro atoms. The smallest absolute Gasteiger partial charge is 0.317 e. The molecule has 82 heavy (non-hydrogen) atoms. The predicted octanol–water partition coefficient (Wildman–Crippen LogP) is 10.1. The van der Waals surface area contributed by atoms with Crippen molar-refractivity contribution in [2.24, 2.45) is 22.4 Å². The van der Waals surface area contributed by atoms with Crippen LogP contribution < -0.4 is 20.9 Å². The zero-order chi connectivity index (χ0) is 58.4. The third-order valence-electron chi connectivity index (χ3n) is 18.6. The third kappa shape index (κ3) is 13.7. The number of fused-ring (bicyclic) bond motifs is 2. The van der Waals surface area contributed by atoms with Gasteiger partial charge in [0, 0.05) is 118 Å². The van der Waals surface area contributed by atoms with Gasteiger partial charge in [0.2, 0.25) is 23.6 Å². The van der Waals surface area contributed by atoms with Crippen molar-refractivity contribution < 1.29 is 32.8 Å². The van der Waals surface area contributed by atoms with E-state index < -0.39 is 23.9 Å².